The molecule has 3 heteroatoms. The molecule has 0 aromatic carbocycles. The maximum atomic E-state index is 11.0. The first-order valence-corrected chi connectivity index (χ1v) is 6.21. The second kappa shape index (κ2) is 4.97. The van der Waals surface area contributed by atoms with Gasteiger partial charge in [-0.1, -0.05) is 32.1 Å². The molecule has 86 valence electrons. The van der Waals surface area contributed by atoms with Crippen molar-refractivity contribution in [1.82, 2.24) is 5.32 Å². The van der Waals surface area contributed by atoms with E-state index in [0.717, 1.165) is 18.9 Å². The Morgan fingerprint density at radius 2 is 1.93 bits per heavy atom. The second-order valence-electron chi connectivity index (χ2n) is 5.09. The minimum absolute atomic E-state index is 0.133. The van der Waals surface area contributed by atoms with E-state index in [4.69, 9.17) is 5.11 Å². The summed E-state index contributed by atoms with van der Waals surface area (Å²) < 4.78 is 0. The fourth-order valence-corrected chi connectivity index (χ4v) is 3.07. The highest BCUT2D eigenvalue weighted by Gasteiger charge is 2.32. The van der Waals surface area contributed by atoms with Crippen LogP contribution in [0.25, 0.3) is 0 Å². The van der Waals surface area contributed by atoms with Crippen LogP contribution in [0.4, 0.5) is 0 Å². The fourth-order valence-electron chi connectivity index (χ4n) is 3.07. The Labute approximate surface area is 91.2 Å². The molecule has 0 spiro atoms. The average Bonchev–Trinajstić information content (AvgIpc) is 2.86. The summed E-state index contributed by atoms with van der Waals surface area (Å²) in [4.78, 5) is 11.0. The summed E-state index contributed by atoms with van der Waals surface area (Å²) >= 11 is 0. The number of carboxylic acids is 1. The zero-order chi connectivity index (χ0) is 10.7. The molecule has 2 rings (SSSR count). The maximum absolute atomic E-state index is 11.0. The molecule has 15 heavy (non-hydrogen) atoms. The summed E-state index contributed by atoms with van der Waals surface area (Å²) in [5.41, 5.74) is 0. The summed E-state index contributed by atoms with van der Waals surface area (Å²) in [6.07, 6.45) is 7.87. The van der Waals surface area contributed by atoms with Crippen molar-refractivity contribution in [3.8, 4) is 0 Å². The number of nitrogens with one attached hydrogen (secondary N) is 1. The first-order chi connectivity index (χ1) is 7.27. The Hall–Kier alpha value is -0.570. The van der Waals surface area contributed by atoms with Gasteiger partial charge in [0.05, 0.1) is 5.92 Å². The lowest BCUT2D eigenvalue weighted by molar-refractivity contribution is -0.142. The topological polar surface area (TPSA) is 49.3 Å². The van der Waals surface area contributed by atoms with E-state index in [2.05, 4.69) is 5.32 Å². The molecule has 2 aliphatic rings. The minimum atomic E-state index is -0.614. The van der Waals surface area contributed by atoms with Gasteiger partial charge in [-0.05, 0) is 24.8 Å². The van der Waals surface area contributed by atoms with Crippen molar-refractivity contribution in [2.75, 3.05) is 13.1 Å². The normalized spacial score (nSPS) is 32.3. The SMILES string of the molecule is O=C(O)C1CNCC1CCC1CCCC1. The Bertz CT molecular complexity index is 224. The van der Waals surface area contributed by atoms with Gasteiger partial charge in [0.2, 0.25) is 0 Å². The molecule has 2 N–H and O–H groups in total. The lowest BCUT2D eigenvalue weighted by atomic mass is 9.88. The van der Waals surface area contributed by atoms with E-state index in [1.54, 1.807) is 0 Å². The van der Waals surface area contributed by atoms with E-state index in [9.17, 15) is 4.79 Å². The van der Waals surface area contributed by atoms with Crippen LogP contribution in [-0.4, -0.2) is 24.2 Å². The number of hydrogen-bond acceptors (Lipinski definition) is 2. The minimum Gasteiger partial charge on any atom is -0.481 e. The van der Waals surface area contributed by atoms with Crippen molar-refractivity contribution in [2.24, 2.45) is 17.8 Å². The van der Waals surface area contributed by atoms with Gasteiger partial charge < -0.3 is 10.4 Å². The van der Waals surface area contributed by atoms with Crippen LogP contribution in [0.3, 0.4) is 0 Å². The van der Waals surface area contributed by atoms with Crippen LogP contribution in [0.15, 0.2) is 0 Å². The summed E-state index contributed by atoms with van der Waals surface area (Å²) in [7, 11) is 0. The van der Waals surface area contributed by atoms with Gasteiger partial charge in [-0.2, -0.15) is 0 Å². The van der Waals surface area contributed by atoms with E-state index < -0.39 is 5.97 Å². The summed E-state index contributed by atoms with van der Waals surface area (Å²) in [5, 5.41) is 12.2. The first-order valence-electron chi connectivity index (χ1n) is 6.21. The maximum Gasteiger partial charge on any atom is 0.308 e. The lowest BCUT2D eigenvalue weighted by Crippen LogP contribution is -2.22. The molecule has 2 fully saturated rings. The molecular formula is C12H21NO2. The lowest BCUT2D eigenvalue weighted by Gasteiger charge is -2.16. The van der Waals surface area contributed by atoms with Crippen LogP contribution in [-0.2, 0) is 4.79 Å². The predicted molar refractivity (Wildman–Crippen MR) is 58.7 cm³/mol. The van der Waals surface area contributed by atoms with Gasteiger partial charge in [-0.15, -0.1) is 0 Å². The largest absolute Gasteiger partial charge is 0.481 e. The molecule has 0 aromatic heterocycles. The van der Waals surface area contributed by atoms with Crippen molar-refractivity contribution in [1.29, 1.82) is 0 Å². The fraction of sp³-hybridized carbons (Fsp3) is 0.917. The quantitative estimate of drug-likeness (QED) is 0.746. The Morgan fingerprint density at radius 3 is 2.60 bits per heavy atom. The smallest absolute Gasteiger partial charge is 0.308 e. The van der Waals surface area contributed by atoms with Crippen molar-refractivity contribution >= 4 is 5.97 Å². The molecule has 1 aliphatic carbocycles. The van der Waals surface area contributed by atoms with E-state index in [-0.39, 0.29) is 5.92 Å². The molecule has 2 atom stereocenters. The zero-order valence-electron chi connectivity index (χ0n) is 9.24. The highest BCUT2D eigenvalue weighted by molar-refractivity contribution is 5.71. The van der Waals surface area contributed by atoms with Crippen LogP contribution in [0.5, 0.6) is 0 Å². The third-order valence-electron chi connectivity index (χ3n) is 4.08. The van der Waals surface area contributed by atoms with Crippen LogP contribution in [0.2, 0.25) is 0 Å². The van der Waals surface area contributed by atoms with Crippen LogP contribution < -0.4 is 5.32 Å². The third kappa shape index (κ3) is 2.71. The molecule has 1 saturated heterocycles. The van der Waals surface area contributed by atoms with Crippen LogP contribution in [0.1, 0.15) is 38.5 Å². The van der Waals surface area contributed by atoms with Gasteiger partial charge >= 0.3 is 5.97 Å². The van der Waals surface area contributed by atoms with Gasteiger partial charge in [-0.25, -0.2) is 0 Å². The highest BCUT2D eigenvalue weighted by Crippen LogP contribution is 2.32. The van der Waals surface area contributed by atoms with Gasteiger partial charge in [0.15, 0.2) is 0 Å². The average molecular weight is 211 g/mol. The number of rotatable bonds is 4. The molecule has 0 bridgehead atoms. The number of aliphatic carboxylic acids is 1. The Kier molecular flexibility index (Phi) is 3.62. The molecular weight excluding hydrogens is 190 g/mol. The number of hydrogen-bond donors (Lipinski definition) is 2. The summed E-state index contributed by atoms with van der Waals surface area (Å²) in [5.74, 6) is 0.519. The van der Waals surface area contributed by atoms with Gasteiger partial charge in [0.1, 0.15) is 0 Å². The van der Waals surface area contributed by atoms with Gasteiger partial charge in [-0.3, -0.25) is 4.79 Å². The van der Waals surface area contributed by atoms with Gasteiger partial charge in [0, 0.05) is 6.54 Å². The summed E-state index contributed by atoms with van der Waals surface area (Å²) in [6.45, 7) is 1.58. The second-order valence-corrected chi connectivity index (χ2v) is 5.09. The molecule has 0 aromatic rings. The number of carbonyl (C=O) groups is 1. The number of carboxylic acid groups (broad SMARTS) is 1. The standard InChI is InChI=1S/C12H21NO2/c14-12(15)11-8-13-7-10(11)6-5-9-3-1-2-4-9/h9-11,13H,1-8H2,(H,14,15). The summed E-state index contributed by atoms with van der Waals surface area (Å²) in [6, 6.07) is 0. The zero-order valence-corrected chi connectivity index (χ0v) is 9.24. The molecule has 0 amide bonds. The van der Waals surface area contributed by atoms with E-state index >= 15 is 0 Å². The first kappa shape index (κ1) is 10.9. The molecule has 2 unspecified atom stereocenters. The van der Waals surface area contributed by atoms with Crippen molar-refractivity contribution in [3.63, 3.8) is 0 Å². The molecule has 1 saturated carbocycles. The van der Waals surface area contributed by atoms with Gasteiger partial charge in [0.25, 0.3) is 0 Å². The van der Waals surface area contributed by atoms with Crippen LogP contribution >= 0.6 is 0 Å². The molecule has 3 nitrogen and oxygen atoms in total. The van der Waals surface area contributed by atoms with Crippen LogP contribution in [0, 0.1) is 17.8 Å². The molecule has 1 aliphatic heterocycles. The molecule has 0 radical (unpaired) electrons. The monoisotopic (exact) mass is 211 g/mol. The van der Waals surface area contributed by atoms with Crippen molar-refractivity contribution < 1.29 is 9.90 Å². The Balaban J connectivity index is 1.75. The van der Waals surface area contributed by atoms with Crippen molar-refractivity contribution in [3.05, 3.63) is 0 Å². The van der Waals surface area contributed by atoms with E-state index in [1.807, 2.05) is 0 Å². The molecule has 1 heterocycles. The third-order valence-corrected chi connectivity index (χ3v) is 4.08. The predicted octanol–water partition coefficient (Wildman–Crippen LogP) is 1.88. The highest BCUT2D eigenvalue weighted by atomic mass is 16.4. The van der Waals surface area contributed by atoms with E-state index in [1.165, 1.54) is 32.1 Å². The van der Waals surface area contributed by atoms with Crippen molar-refractivity contribution in [2.45, 2.75) is 38.5 Å². The van der Waals surface area contributed by atoms with E-state index in [0.29, 0.717) is 12.5 Å². The Morgan fingerprint density at radius 1 is 1.20 bits per heavy atom.